The molecule has 0 aromatic heterocycles. The fraction of sp³-hybridized carbons (Fsp3) is 0.368. The molecule has 0 aliphatic heterocycles. The summed E-state index contributed by atoms with van der Waals surface area (Å²) in [6, 6.07) is 14.8. The van der Waals surface area contributed by atoms with Gasteiger partial charge in [0.05, 0.1) is 0 Å². The van der Waals surface area contributed by atoms with Gasteiger partial charge in [0.1, 0.15) is 0 Å². The molecule has 0 saturated heterocycles. The van der Waals surface area contributed by atoms with Gasteiger partial charge in [0, 0.05) is 5.02 Å². The number of aryl methyl sites for hydroxylation is 1. The second-order valence-corrected chi connectivity index (χ2v) is 6.23. The van der Waals surface area contributed by atoms with Crippen LogP contribution in [-0.4, -0.2) is 0 Å². The molecule has 0 aliphatic carbocycles. The summed E-state index contributed by atoms with van der Waals surface area (Å²) in [6.45, 7) is 12.8. The van der Waals surface area contributed by atoms with Crippen LogP contribution in [0.2, 0.25) is 5.02 Å². The maximum absolute atomic E-state index is 6.10. The molecule has 2 rings (SSSR count). The van der Waals surface area contributed by atoms with Crippen LogP contribution < -0.4 is 0 Å². The van der Waals surface area contributed by atoms with E-state index in [0.29, 0.717) is 0 Å². The van der Waals surface area contributed by atoms with E-state index < -0.39 is 0 Å². The topological polar surface area (TPSA) is 0 Å². The summed E-state index contributed by atoms with van der Waals surface area (Å²) in [5.74, 6) is 0. The molecule has 2 aromatic rings. The molecule has 0 radical (unpaired) electrons. The quantitative estimate of drug-likeness (QED) is 0.552. The Morgan fingerprint density at radius 2 is 1.55 bits per heavy atom. The van der Waals surface area contributed by atoms with Gasteiger partial charge >= 0.3 is 0 Å². The number of hydrogen-bond acceptors (Lipinski definition) is 0. The third kappa shape index (κ3) is 4.11. The molecule has 0 unspecified atom stereocenters. The summed E-state index contributed by atoms with van der Waals surface area (Å²) >= 11 is 6.10. The summed E-state index contributed by atoms with van der Waals surface area (Å²) in [6.07, 6.45) is 0. The highest BCUT2D eigenvalue weighted by atomic mass is 35.5. The molecule has 0 spiro atoms. The van der Waals surface area contributed by atoms with Gasteiger partial charge < -0.3 is 0 Å². The Hall–Kier alpha value is -1.27. The zero-order valence-electron chi connectivity index (χ0n) is 13.4. The molecule has 0 atom stereocenters. The average Bonchev–Trinajstić information content (AvgIpc) is 2.43. The first-order chi connectivity index (χ1) is 9.38. The van der Waals surface area contributed by atoms with Gasteiger partial charge in [-0.3, -0.25) is 0 Å². The van der Waals surface area contributed by atoms with Gasteiger partial charge in [-0.15, -0.1) is 0 Å². The third-order valence-corrected chi connectivity index (χ3v) is 3.47. The maximum atomic E-state index is 6.10. The van der Waals surface area contributed by atoms with Crippen molar-refractivity contribution in [2.24, 2.45) is 0 Å². The van der Waals surface area contributed by atoms with Crippen molar-refractivity contribution < 1.29 is 0 Å². The lowest BCUT2D eigenvalue weighted by atomic mass is 9.85. The van der Waals surface area contributed by atoms with Crippen LogP contribution in [0.4, 0.5) is 0 Å². The van der Waals surface area contributed by atoms with Crippen LogP contribution in [0.25, 0.3) is 11.1 Å². The van der Waals surface area contributed by atoms with E-state index in [-0.39, 0.29) is 5.41 Å². The van der Waals surface area contributed by atoms with Crippen molar-refractivity contribution in [3.05, 3.63) is 58.6 Å². The Balaban J connectivity index is 0.000000956. The summed E-state index contributed by atoms with van der Waals surface area (Å²) < 4.78 is 0. The van der Waals surface area contributed by atoms with Gasteiger partial charge in [-0.2, -0.15) is 0 Å². The smallest absolute Gasteiger partial charge is 0.0412 e. The van der Waals surface area contributed by atoms with Gasteiger partial charge in [0.2, 0.25) is 0 Å². The molecule has 20 heavy (non-hydrogen) atoms. The van der Waals surface area contributed by atoms with Crippen molar-refractivity contribution in [3.8, 4) is 11.1 Å². The minimum atomic E-state index is 0.169. The fourth-order valence-electron chi connectivity index (χ4n) is 2.06. The normalized spacial score (nSPS) is 10.8. The maximum Gasteiger partial charge on any atom is 0.0412 e. The summed E-state index contributed by atoms with van der Waals surface area (Å²) in [5.41, 5.74) is 5.23. The second kappa shape index (κ2) is 6.95. The Labute approximate surface area is 128 Å². The summed E-state index contributed by atoms with van der Waals surface area (Å²) in [4.78, 5) is 0. The molecule has 0 N–H and O–H groups in total. The van der Waals surface area contributed by atoms with E-state index in [4.69, 9.17) is 11.6 Å². The first-order valence-corrected chi connectivity index (χ1v) is 7.63. The van der Waals surface area contributed by atoms with E-state index in [9.17, 15) is 0 Å². The minimum Gasteiger partial charge on any atom is -0.0843 e. The Morgan fingerprint density at radius 3 is 2.15 bits per heavy atom. The zero-order chi connectivity index (χ0) is 15.3. The molecule has 0 saturated carbocycles. The first-order valence-electron chi connectivity index (χ1n) is 7.25. The van der Waals surface area contributed by atoms with Crippen molar-refractivity contribution in [2.75, 3.05) is 0 Å². The van der Waals surface area contributed by atoms with E-state index in [0.717, 1.165) is 5.02 Å². The highest BCUT2D eigenvalue weighted by Gasteiger charge is 2.14. The lowest BCUT2D eigenvalue weighted by molar-refractivity contribution is 0.590. The highest BCUT2D eigenvalue weighted by Crippen LogP contribution is 2.30. The van der Waals surface area contributed by atoms with Gasteiger partial charge in [0.25, 0.3) is 0 Å². The largest absolute Gasteiger partial charge is 0.0843 e. The van der Waals surface area contributed by atoms with Crippen molar-refractivity contribution in [1.82, 2.24) is 0 Å². The SMILES string of the molecule is CC.Cc1ccc(Cl)cc1-c1cccc(C(C)(C)C)c1. The van der Waals surface area contributed by atoms with Gasteiger partial charge in [-0.1, -0.05) is 76.6 Å². The number of hydrogen-bond donors (Lipinski definition) is 0. The van der Waals surface area contributed by atoms with Crippen LogP contribution in [0.5, 0.6) is 0 Å². The van der Waals surface area contributed by atoms with Gasteiger partial charge in [-0.25, -0.2) is 0 Å². The Morgan fingerprint density at radius 1 is 0.900 bits per heavy atom. The van der Waals surface area contributed by atoms with Crippen molar-refractivity contribution >= 4 is 11.6 Å². The highest BCUT2D eigenvalue weighted by molar-refractivity contribution is 6.30. The van der Waals surface area contributed by atoms with E-state index >= 15 is 0 Å². The second-order valence-electron chi connectivity index (χ2n) is 5.79. The van der Waals surface area contributed by atoms with Crippen molar-refractivity contribution in [3.63, 3.8) is 0 Å². The molecule has 0 bridgehead atoms. The monoisotopic (exact) mass is 288 g/mol. The predicted molar refractivity (Wildman–Crippen MR) is 91.7 cm³/mol. The number of rotatable bonds is 1. The van der Waals surface area contributed by atoms with Crippen LogP contribution in [0.15, 0.2) is 42.5 Å². The number of halogens is 1. The molecule has 0 fully saturated rings. The summed E-state index contributed by atoms with van der Waals surface area (Å²) in [5, 5.41) is 0.789. The average molecular weight is 289 g/mol. The third-order valence-electron chi connectivity index (χ3n) is 3.24. The van der Waals surface area contributed by atoms with E-state index in [1.807, 2.05) is 26.0 Å². The molecule has 0 amide bonds. The molecule has 1 heteroatoms. The number of benzene rings is 2. The van der Waals surface area contributed by atoms with E-state index in [2.05, 4.69) is 58.0 Å². The van der Waals surface area contributed by atoms with E-state index in [1.165, 1.54) is 22.3 Å². The molecule has 0 nitrogen and oxygen atoms in total. The zero-order valence-corrected chi connectivity index (χ0v) is 14.2. The van der Waals surface area contributed by atoms with Crippen LogP contribution >= 0.6 is 11.6 Å². The minimum absolute atomic E-state index is 0.169. The van der Waals surface area contributed by atoms with Crippen molar-refractivity contribution in [2.45, 2.75) is 47.0 Å². The molecule has 0 aliphatic rings. The molecule has 108 valence electrons. The fourth-order valence-corrected chi connectivity index (χ4v) is 2.23. The van der Waals surface area contributed by atoms with Crippen LogP contribution in [0.3, 0.4) is 0 Å². The van der Waals surface area contributed by atoms with Crippen LogP contribution in [0, 0.1) is 6.92 Å². The molecule has 2 aromatic carbocycles. The van der Waals surface area contributed by atoms with Crippen LogP contribution in [0.1, 0.15) is 45.7 Å². The summed E-state index contributed by atoms with van der Waals surface area (Å²) in [7, 11) is 0. The van der Waals surface area contributed by atoms with E-state index in [1.54, 1.807) is 0 Å². The molecular formula is C19H25Cl. The van der Waals surface area contributed by atoms with Gasteiger partial charge in [0.15, 0.2) is 0 Å². The van der Waals surface area contributed by atoms with Gasteiger partial charge in [-0.05, 0) is 46.7 Å². The lowest BCUT2D eigenvalue weighted by Crippen LogP contribution is -2.10. The molecular weight excluding hydrogens is 264 g/mol. The Kier molecular flexibility index (Phi) is 5.83. The standard InChI is InChI=1S/C17H19Cl.C2H6/c1-12-8-9-15(18)11-16(12)13-6-5-7-14(10-13)17(2,3)4;1-2/h5-11H,1-4H3;1-2H3. The molecule has 0 heterocycles. The predicted octanol–water partition coefficient (Wildman–Crippen LogP) is 6.64. The van der Waals surface area contributed by atoms with Crippen LogP contribution in [-0.2, 0) is 5.41 Å². The lowest BCUT2D eigenvalue weighted by Gasteiger charge is -2.20. The Bertz CT molecular complexity index is 562. The van der Waals surface area contributed by atoms with Crippen molar-refractivity contribution in [1.29, 1.82) is 0 Å². The first kappa shape index (κ1) is 16.8.